The molecule has 0 saturated carbocycles. The molecule has 0 heterocycles. The third-order valence-corrected chi connectivity index (χ3v) is 2.32. The van der Waals surface area contributed by atoms with Gasteiger partial charge in [-0.05, 0) is 11.8 Å². The Hall–Kier alpha value is -0.530. The van der Waals surface area contributed by atoms with Gasteiger partial charge in [0.15, 0.2) is 0 Å². The molecule has 0 aliphatic rings. The first-order valence-electron chi connectivity index (χ1n) is 5.17. The van der Waals surface area contributed by atoms with Gasteiger partial charge < -0.3 is 4.90 Å². The van der Waals surface area contributed by atoms with Crippen LogP contribution in [-0.2, 0) is 4.79 Å². The van der Waals surface area contributed by atoms with E-state index in [2.05, 4.69) is 20.8 Å². The van der Waals surface area contributed by atoms with Gasteiger partial charge in [-0.1, -0.05) is 34.1 Å². The molecule has 0 aliphatic heterocycles. The predicted molar refractivity (Wildman–Crippen MR) is 56.6 cm³/mol. The summed E-state index contributed by atoms with van der Waals surface area (Å²) in [6.07, 6.45) is 2.97. The Morgan fingerprint density at radius 3 is 2.23 bits per heavy atom. The average molecular weight is 185 g/mol. The van der Waals surface area contributed by atoms with Gasteiger partial charge in [-0.2, -0.15) is 0 Å². The predicted octanol–water partition coefficient (Wildman–Crippen LogP) is 2.68. The Labute approximate surface area is 82.3 Å². The molecule has 2 nitrogen and oxygen atoms in total. The maximum atomic E-state index is 11.3. The Balaban J connectivity index is 4.02. The van der Waals surface area contributed by atoms with Crippen LogP contribution in [0.15, 0.2) is 0 Å². The summed E-state index contributed by atoms with van der Waals surface area (Å²) < 4.78 is 0. The molecule has 0 aliphatic carbocycles. The minimum absolute atomic E-state index is 0.240. The van der Waals surface area contributed by atoms with Crippen molar-refractivity contribution in [1.82, 2.24) is 4.90 Å². The highest BCUT2D eigenvalue weighted by Crippen LogP contribution is 2.23. The SMILES string of the molecule is CCCC(C)(C)CN(C)C(=O)CC. The fraction of sp³-hybridized carbons (Fsp3) is 0.909. The minimum atomic E-state index is 0.240. The van der Waals surface area contributed by atoms with Crippen LogP contribution >= 0.6 is 0 Å². The van der Waals surface area contributed by atoms with Crippen molar-refractivity contribution in [2.75, 3.05) is 13.6 Å². The number of hydrogen-bond donors (Lipinski definition) is 0. The first-order valence-corrected chi connectivity index (χ1v) is 5.17. The monoisotopic (exact) mass is 185 g/mol. The van der Waals surface area contributed by atoms with Crippen molar-refractivity contribution in [1.29, 1.82) is 0 Å². The van der Waals surface area contributed by atoms with Crippen LogP contribution in [0.4, 0.5) is 0 Å². The fourth-order valence-electron chi connectivity index (χ4n) is 1.76. The largest absolute Gasteiger partial charge is 0.345 e. The second-order valence-electron chi connectivity index (χ2n) is 4.52. The highest BCUT2D eigenvalue weighted by Gasteiger charge is 2.20. The zero-order chi connectivity index (χ0) is 10.5. The van der Waals surface area contributed by atoms with E-state index in [9.17, 15) is 4.79 Å². The first kappa shape index (κ1) is 12.5. The van der Waals surface area contributed by atoms with Gasteiger partial charge in [0, 0.05) is 20.0 Å². The van der Waals surface area contributed by atoms with Crippen molar-refractivity contribution >= 4 is 5.91 Å². The lowest BCUT2D eigenvalue weighted by Gasteiger charge is -2.29. The second kappa shape index (κ2) is 5.25. The molecule has 0 spiro atoms. The van der Waals surface area contributed by atoms with Gasteiger partial charge in [0.05, 0.1) is 0 Å². The molecule has 78 valence electrons. The van der Waals surface area contributed by atoms with E-state index in [4.69, 9.17) is 0 Å². The summed E-state index contributed by atoms with van der Waals surface area (Å²) in [6, 6.07) is 0. The average Bonchev–Trinajstić information content (AvgIpc) is 2.01. The highest BCUT2D eigenvalue weighted by atomic mass is 16.2. The van der Waals surface area contributed by atoms with Crippen LogP contribution in [0.3, 0.4) is 0 Å². The van der Waals surface area contributed by atoms with Crippen LogP contribution in [0, 0.1) is 5.41 Å². The summed E-state index contributed by atoms with van der Waals surface area (Å²) in [5.41, 5.74) is 0.258. The van der Waals surface area contributed by atoms with Crippen molar-refractivity contribution in [3.8, 4) is 0 Å². The Kier molecular flexibility index (Phi) is 5.04. The number of rotatable bonds is 5. The van der Waals surface area contributed by atoms with Crippen LogP contribution in [0.2, 0.25) is 0 Å². The van der Waals surface area contributed by atoms with Gasteiger partial charge in [-0.3, -0.25) is 4.79 Å². The van der Waals surface area contributed by atoms with Crippen molar-refractivity contribution in [2.24, 2.45) is 5.41 Å². The smallest absolute Gasteiger partial charge is 0.222 e. The zero-order valence-corrected chi connectivity index (χ0v) is 9.68. The molecule has 0 radical (unpaired) electrons. The van der Waals surface area contributed by atoms with Gasteiger partial charge in [-0.15, -0.1) is 0 Å². The van der Waals surface area contributed by atoms with E-state index in [1.165, 1.54) is 12.8 Å². The van der Waals surface area contributed by atoms with Gasteiger partial charge in [0.25, 0.3) is 0 Å². The molecule has 0 atom stereocenters. The molecule has 0 unspecified atom stereocenters. The molecule has 0 fully saturated rings. The Morgan fingerprint density at radius 2 is 1.85 bits per heavy atom. The van der Waals surface area contributed by atoms with Crippen LogP contribution in [0.1, 0.15) is 47.0 Å². The van der Waals surface area contributed by atoms with Crippen LogP contribution < -0.4 is 0 Å². The van der Waals surface area contributed by atoms with Crippen molar-refractivity contribution in [3.05, 3.63) is 0 Å². The molecule has 0 aromatic rings. The second-order valence-corrected chi connectivity index (χ2v) is 4.52. The summed E-state index contributed by atoms with van der Waals surface area (Å²) in [7, 11) is 1.89. The maximum absolute atomic E-state index is 11.3. The van der Waals surface area contributed by atoms with Crippen molar-refractivity contribution in [2.45, 2.75) is 47.0 Å². The normalized spacial score (nSPS) is 11.5. The van der Waals surface area contributed by atoms with E-state index >= 15 is 0 Å². The Morgan fingerprint density at radius 1 is 1.31 bits per heavy atom. The van der Waals surface area contributed by atoms with E-state index < -0.39 is 0 Å². The van der Waals surface area contributed by atoms with Gasteiger partial charge >= 0.3 is 0 Å². The van der Waals surface area contributed by atoms with Crippen molar-refractivity contribution in [3.63, 3.8) is 0 Å². The molecular formula is C11H23NO. The molecule has 0 bridgehead atoms. The third kappa shape index (κ3) is 4.91. The summed E-state index contributed by atoms with van der Waals surface area (Å²) in [4.78, 5) is 13.2. The number of hydrogen-bond acceptors (Lipinski definition) is 1. The molecule has 0 saturated heterocycles. The Bertz CT molecular complexity index is 163. The van der Waals surface area contributed by atoms with Gasteiger partial charge in [0.1, 0.15) is 0 Å². The summed E-state index contributed by atoms with van der Waals surface area (Å²) in [5.74, 6) is 0.240. The number of carbonyl (C=O) groups excluding carboxylic acids is 1. The standard InChI is InChI=1S/C11H23NO/c1-6-8-11(3,4)9-12(5)10(13)7-2/h6-9H2,1-5H3. The fourth-order valence-corrected chi connectivity index (χ4v) is 1.76. The molecule has 0 N–H and O–H groups in total. The van der Waals surface area contributed by atoms with Crippen LogP contribution in [-0.4, -0.2) is 24.4 Å². The lowest BCUT2D eigenvalue weighted by Crippen LogP contribution is -2.35. The third-order valence-electron chi connectivity index (χ3n) is 2.32. The number of amides is 1. The zero-order valence-electron chi connectivity index (χ0n) is 9.68. The molecule has 0 aromatic carbocycles. The van der Waals surface area contributed by atoms with Gasteiger partial charge in [-0.25, -0.2) is 0 Å². The van der Waals surface area contributed by atoms with E-state index in [0.29, 0.717) is 6.42 Å². The number of carbonyl (C=O) groups is 1. The lowest BCUT2D eigenvalue weighted by atomic mass is 9.87. The van der Waals surface area contributed by atoms with E-state index in [-0.39, 0.29) is 11.3 Å². The molecule has 1 amide bonds. The van der Waals surface area contributed by atoms with Crippen LogP contribution in [0.5, 0.6) is 0 Å². The summed E-state index contributed by atoms with van der Waals surface area (Å²) in [6.45, 7) is 9.40. The van der Waals surface area contributed by atoms with Crippen molar-refractivity contribution < 1.29 is 4.79 Å². The van der Waals surface area contributed by atoms with Crippen LogP contribution in [0.25, 0.3) is 0 Å². The maximum Gasteiger partial charge on any atom is 0.222 e. The number of nitrogens with zero attached hydrogens (tertiary/aromatic N) is 1. The summed E-state index contributed by atoms with van der Waals surface area (Å²) in [5, 5.41) is 0. The topological polar surface area (TPSA) is 20.3 Å². The highest BCUT2D eigenvalue weighted by molar-refractivity contribution is 5.75. The molecular weight excluding hydrogens is 162 g/mol. The van der Waals surface area contributed by atoms with Gasteiger partial charge in [0.2, 0.25) is 5.91 Å². The first-order chi connectivity index (χ1) is 5.93. The lowest BCUT2D eigenvalue weighted by molar-refractivity contribution is -0.130. The minimum Gasteiger partial charge on any atom is -0.345 e. The molecule has 0 rings (SSSR count). The van der Waals surface area contributed by atoms with E-state index in [1.54, 1.807) is 0 Å². The molecule has 0 aromatic heterocycles. The molecule has 2 heteroatoms. The quantitative estimate of drug-likeness (QED) is 0.645. The molecule has 13 heavy (non-hydrogen) atoms. The van der Waals surface area contributed by atoms with E-state index in [0.717, 1.165) is 6.54 Å². The van der Waals surface area contributed by atoms with E-state index in [1.807, 2.05) is 18.9 Å². The summed E-state index contributed by atoms with van der Waals surface area (Å²) >= 11 is 0.